The molecule has 0 saturated carbocycles. The first-order valence-electron chi connectivity index (χ1n) is 15.3. The number of aliphatic hydroxyl groups excluding tert-OH is 1. The highest BCUT2D eigenvalue weighted by Crippen LogP contribution is 2.59. The van der Waals surface area contributed by atoms with E-state index >= 15 is 0 Å². The van der Waals surface area contributed by atoms with Crippen molar-refractivity contribution in [1.29, 1.82) is 0 Å². The van der Waals surface area contributed by atoms with Gasteiger partial charge in [-0.25, -0.2) is 0 Å². The molecule has 3 saturated heterocycles. The largest absolute Gasteiger partial charge is 0.465 e. The molecule has 2 aromatic carbocycles. The van der Waals surface area contributed by atoms with Crippen LogP contribution in [0.2, 0.25) is 0 Å². The van der Waals surface area contributed by atoms with Gasteiger partial charge >= 0.3 is 5.97 Å². The molecule has 3 aliphatic rings. The van der Waals surface area contributed by atoms with E-state index < -0.39 is 41.6 Å². The Balaban J connectivity index is 1.49. The highest BCUT2D eigenvalue weighted by molar-refractivity contribution is 5.98. The molecular weight excluding hydrogens is 544 g/mol. The summed E-state index contributed by atoms with van der Waals surface area (Å²) in [5.41, 5.74) is 0.703. The maximum atomic E-state index is 14.6. The predicted octanol–water partition coefficient (Wildman–Crippen LogP) is 4.08. The van der Waals surface area contributed by atoms with E-state index in [9.17, 15) is 19.5 Å². The Morgan fingerprint density at radius 1 is 1.07 bits per heavy atom. The molecule has 2 bridgehead atoms. The van der Waals surface area contributed by atoms with Gasteiger partial charge in [0, 0.05) is 13.1 Å². The number of rotatable bonds is 15. The highest BCUT2D eigenvalue weighted by Gasteiger charge is 2.75. The lowest BCUT2D eigenvalue weighted by atomic mass is 9.70. The van der Waals surface area contributed by atoms with E-state index in [-0.39, 0.29) is 31.6 Å². The van der Waals surface area contributed by atoms with Crippen LogP contribution in [0.1, 0.15) is 43.2 Å². The van der Waals surface area contributed by atoms with Crippen molar-refractivity contribution in [3.63, 3.8) is 0 Å². The molecule has 3 fully saturated rings. The van der Waals surface area contributed by atoms with Crippen molar-refractivity contribution in [3.8, 4) is 0 Å². The molecule has 2 aromatic rings. The van der Waals surface area contributed by atoms with E-state index in [0.29, 0.717) is 32.2 Å². The summed E-state index contributed by atoms with van der Waals surface area (Å²) in [5, 5.41) is 10.7. The van der Waals surface area contributed by atoms with E-state index in [1.54, 1.807) is 11.0 Å². The van der Waals surface area contributed by atoms with Gasteiger partial charge in [-0.15, -0.1) is 13.2 Å². The summed E-state index contributed by atoms with van der Waals surface area (Å²) in [6.07, 6.45) is 6.80. The van der Waals surface area contributed by atoms with Crippen molar-refractivity contribution in [2.45, 2.75) is 68.9 Å². The van der Waals surface area contributed by atoms with Crippen molar-refractivity contribution in [1.82, 2.24) is 9.80 Å². The summed E-state index contributed by atoms with van der Waals surface area (Å²) < 4.78 is 12.3. The number of fused-ring (bicyclic) bond motifs is 1. The smallest absolute Gasteiger partial charge is 0.312 e. The molecule has 6 atom stereocenters. The molecule has 43 heavy (non-hydrogen) atoms. The van der Waals surface area contributed by atoms with E-state index in [1.807, 2.05) is 66.7 Å². The zero-order valence-corrected chi connectivity index (χ0v) is 24.7. The fraction of sp³-hybridized carbons (Fsp3) is 0.457. The standard InChI is InChI=1S/C35H42N2O6/c1-3-5-6-13-21-42-34(41)29-28-18-19-35(43-28)30(29)32(39)37(27(24-38)22-25-14-9-7-10-15-25)31(35)33(40)36(20-4-2)23-26-16-11-8-12-17-26/h3-4,7-12,14-17,27-31,38H,1-2,5-6,13,18-24H2/t27-,28-,29+,30+,31?,35?/m1/s1. The van der Waals surface area contributed by atoms with Gasteiger partial charge in [0.25, 0.3) is 0 Å². The van der Waals surface area contributed by atoms with Crippen molar-refractivity contribution >= 4 is 17.8 Å². The second-order valence-corrected chi connectivity index (χ2v) is 11.8. The molecule has 2 unspecified atom stereocenters. The number of aliphatic hydroxyl groups is 1. The summed E-state index contributed by atoms with van der Waals surface area (Å²) in [6.45, 7) is 8.12. The van der Waals surface area contributed by atoms with Crippen LogP contribution in [0.4, 0.5) is 0 Å². The number of amides is 2. The number of carbonyl (C=O) groups is 3. The van der Waals surface area contributed by atoms with Crippen LogP contribution in [0.3, 0.4) is 0 Å². The van der Waals surface area contributed by atoms with Crippen LogP contribution >= 0.6 is 0 Å². The zero-order valence-electron chi connectivity index (χ0n) is 24.7. The molecule has 8 nitrogen and oxygen atoms in total. The molecule has 3 heterocycles. The number of hydrogen-bond acceptors (Lipinski definition) is 6. The minimum absolute atomic E-state index is 0.257. The van der Waals surface area contributed by atoms with Crippen LogP contribution < -0.4 is 0 Å². The Hall–Kier alpha value is -3.75. The second-order valence-electron chi connectivity index (χ2n) is 11.8. The predicted molar refractivity (Wildman–Crippen MR) is 163 cm³/mol. The van der Waals surface area contributed by atoms with Crippen LogP contribution in [-0.2, 0) is 36.8 Å². The Labute approximate surface area is 254 Å². The lowest BCUT2D eigenvalue weighted by Crippen LogP contribution is -2.59. The van der Waals surface area contributed by atoms with Crippen molar-refractivity contribution < 1.29 is 29.0 Å². The van der Waals surface area contributed by atoms with Gasteiger partial charge in [-0.2, -0.15) is 0 Å². The Morgan fingerprint density at radius 3 is 2.42 bits per heavy atom. The van der Waals surface area contributed by atoms with Crippen LogP contribution in [0, 0.1) is 11.8 Å². The molecular formula is C35H42N2O6. The lowest BCUT2D eigenvalue weighted by Gasteiger charge is -2.39. The van der Waals surface area contributed by atoms with E-state index in [1.165, 1.54) is 4.90 Å². The molecule has 3 aliphatic heterocycles. The Morgan fingerprint density at radius 2 is 1.77 bits per heavy atom. The maximum Gasteiger partial charge on any atom is 0.312 e. The third-order valence-corrected chi connectivity index (χ3v) is 9.09. The second kappa shape index (κ2) is 13.7. The van der Waals surface area contributed by atoms with Gasteiger partial charge < -0.3 is 24.4 Å². The van der Waals surface area contributed by atoms with Crippen molar-refractivity contribution in [2.75, 3.05) is 19.8 Å². The van der Waals surface area contributed by atoms with Gasteiger partial charge in [-0.3, -0.25) is 14.4 Å². The molecule has 5 rings (SSSR count). The summed E-state index contributed by atoms with van der Waals surface area (Å²) in [5.74, 6) is -2.70. The minimum Gasteiger partial charge on any atom is -0.465 e. The molecule has 1 N–H and O–H groups in total. The van der Waals surface area contributed by atoms with E-state index in [4.69, 9.17) is 9.47 Å². The van der Waals surface area contributed by atoms with Gasteiger partial charge in [0.15, 0.2) is 0 Å². The molecule has 0 aromatic heterocycles. The molecule has 0 radical (unpaired) electrons. The number of carbonyl (C=O) groups excluding carboxylic acids is 3. The first-order chi connectivity index (χ1) is 20.9. The van der Waals surface area contributed by atoms with Gasteiger partial charge in [-0.05, 0) is 49.7 Å². The van der Waals surface area contributed by atoms with Crippen molar-refractivity contribution in [3.05, 3.63) is 97.1 Å². The number of hydrogen-bond donors (Lipinski definition) is 1. The number of ether oxygens (including phenoxy) is 2. The van der Waals surface area contributed by atoms with Crippen LogP contribution in [-0.4, -0.2) is 76.2 Å². The molecule has 8 heteroatoms. The minimum atomic E-state index is -1.18. The summed E-state index contributed by atoms with van der Waals surface area (Å²) in [6, 6.07) is 17.6. The Kier molecular flexibility index (Phi) is 9.78. The van der Waals surface area contributed by atoms with E-state index in [2.05, 4.69) is 13.2 Å². The third kappa shape index (κ3) is 6.04. The van der Waals surface area contributed by atoms with Gasteiger partial charge in [0.2, 0.25) is 11.8 Å². The maximum absolute atomic E-state index is 14.6. The zero-order chi connectivity index (χ0) is 30.4. The summed E-state index contributed by atoms with van der Waals surface area (Å²) in [4.78, 5) is 45.8. The monoisotopic (exact) mass is 586 g/mol. The van der Waals surface area contributed by atoms with Gasteiger partial charge in [0.05, 0.1) is 37.2 Å². The average molecular weight is 587 g/mol. The van der Waals surface area contributed by atoms with Gasteiger partial charge in [-0.1, -0.05) is 72.8 Å². The number of unbranched alkanes of at least 4 members (excludes halogenated alkanes) is 2. The molecule has 1 spiro atoms. The van der Waals surface area contributed by atoms with Crippen LogP contribution in [0.25, 0.3) is 0 Å². The fourth-order valence-corrected chi connectivity index (χ4v) is 7.19. The van der Waals surface area contributed by atoms with Crippen LogP contribution in [0.5, 0.6) is 0 Å². The first-order valence-corrected chi connectivity index (χ1v) is 15.3. The number of likely N-dealkylation sites (tertiary alicyclic amines) is 1. The quantitative estimate of drug-likeness (QED) is 0.192. The average Bonchev–Trinajstić information content (AvgIpc) is 3.67. The first kappa shape index (κ1) is 30.7. The highest BCUT2D eigenvalue weighted by atomic mass is 16.6. The van der Waals surface area contributed by atoms with Crippen LogP contribution in [0.15, 0.2) is 86.0 Å². The fourth-order valence-electron chi connectivity index (χ4n) is 7.19. The molecule has 228 valence electrons. The Bertz CT molecular complexity index is 1300. The lowest BCUT2D eigenvalue weighted by molar-refractivity contribution is -0.156. The molecule has 2 amide bonds. The number of esters is 1. The normalized spacial score (nSPS) is 26.2. The number of benzene rings is 2. The van der Waals surface area contributed by atoms with Gasteiger partial charge in [0.1, 0.15) is 11.6 Å². The number of allylic oxidation sites excluding steroid dienone is 1. The molecule has 0 aliphatic carbocycles. The number of nitrogens with zero attached hydrogens (tertiary/aromatic N) is 2. The third-order valence-electron chi connectivity index (χ3n) is 9.09. The summed E-state index contributed by atoms with van der Waals surface area (Å²) in [7, 11) is 0. The SMILES string of the molecule is C=CCCCCOC(=O)[C@@H]1[C@H]2C(=O)N([C@@H](CO)Cc3ccccc3)C(C(=O)N(CC=C)Cc3ccccc3)C23CC[C@H]1O3. The van der Waals surface area contributed by atoms with E-state index in [0.717, 1.165) is 24.0 Å². The van der Waals surface area contributed by atoms with Crippen molar-refractivity contribution in [2.24, 2.45) is 11.8 Å². The topological polar surface area (TPSA) is 96.4 Å². The summed E-state index contributed by atoms with van der Waals surface area (Å²) >= 11 is 0.